The maximum absolute atomic E-state index is 12.5. The number of halogens is 3. The molecule has 33 heavy (non-hydrogen) atoms. The van der Waals surface area contributed by atoms with Crippen molar-refractivity contribution in [3.05, 3.63) is 70.1 Å². The van der Waals surface area contributed by atoms with E-state index in [2.05, 4.69) is 10.1 Å². The number of anilines is 1. The average molecular weight is 480 g/mol. The van der Waals surface area contributed by atoms with Crippen molar-refractivity contribution in [1.82, 2.24) is 0 Å². The van der Waals surface area contributed by atoms with Crippen LogP contribution in [0, 0.1) is 6.92 Å². The molecule has 0 spiro atoms. The third-order valence-electron chi connectivity index (χ3n) is 4.81. The predicted octanol–water partition coefficient (Wildman–Crippen LogP) is 6.81. The Kier molecular flexibility index (Phi) is 7.81. The largest absolute Gasteiger partial charge is 0.493 e. The van der Waals surface area contributed by atoms with Gasteiger partial charge in [0.25, 0.3) is 5.91 Å². The van der Waals surface area contributed by atoms with E-state index < -0.39 is 12.5 Å². The summed E-state index contributed by atoms with van der Waals surface area (Å²) in [7, 11) is 1.31. The van der Waals surface area contributed by atoms with E-state index in [4.69, 9.17) is 25.5 Å². The van der Waals surface area contributed by atoms with Gasteiger partial charge in [-0.25, -0.2) is 0 Å². The van der Waals surface area contributed by atoms with Crippen LogP contribution < -0.4 is 19.5 Å². The van der Waals surface area contributed by atoms with E-state index in [1.54, 1.807) is 6.07 Å². The second-order valence-corrected chi connectivity index (χ2v) is 7.95. The number of rotatable bonds is 9. The summed E-state index contributed by atoms with van der Waals surface area (Å²) >= 11 is 6.23. The summed E-state index contributed by atoms with van der Waals surface area (Å²) < 4.78 is 45.9. The molecular formula is C24H24ClF2NO5. The van der Waals surface area contributed by atoms with Crippen LogP contribution in [0.25, 0.3) is 0 Å². The highest BCUT2D eigenvalue weighted by atomic mass is 35.5. The molecule has 0 atom stereocenters. The van der Waals surface area contributed by atoms with E-state index in [0.29, 0.717) is 22.2 Å². The lowest BCUT2D eigenvalue weighted by molar-refractivity contribution is -0.0512. The Morgan fingerprint density at radius 2 is 1.85 bits per heavy atom. The van der Waals surface area contributed by atoms with Gasteiger partial charge in [-0.2, -0.15) is 8.78 Å². The molecule has 1 amide bonds. The molecule has 0 fully saturated rings. The zero-order chi connectivity index (χ0) is 24.1. The molecule has 0 unspecified atom stereocenters. The standard InChI is InChI=1S/C24H24ClF2NO5/c1-13(2)17-11-18(25)14(3)9-21(17)31-12-16-6-8-20(32-16)23(29)28-15-5-7-19(33-24(26)27)22(10-15)30-4/h5-11,13,24H,12H2,1-4H3,(H,28,29). The Bertz CT molecular complexity index is 1130. The van der Waals surface area contributed by atoms with Gasteiger partial charge in [0.05, 0.1) is 7.11 Å². The van der Waals surface area contributed by atoms with Crippen molar-refractivity contribution in [2.45, 2.75) is 39.9 Å². The van der Waals surface area contributed by atoms with Gasteiger partial charge in [0.15, 0.2) is 17.3 Å². The highest BCUT2D eigenvalue weighted by molar-refractivity contribution is 6.31. The van der Waals surface area contributed by atoms with Crippen LogP contribution in [0.15, 0.2) is 46.9 Å². The van der Waals surface area contributed by atoms with Gasteiger partial charge < -0.3 is 23.9 Å². The second kappa shape index (κ2) is 10.6. The molecule has 0 bridgehead atoms. The predicted molar refractivity (Wildman–Crippen MR) is 121 cm³/mol. The lowest BCUT2D eigenvalue weighted by Gasteiger charge is -2.15. The van der Waals surface area contributed by atoms with E-state index in [0.717, 1.165) is 11.1 Å². The zero-order valence-electron chi connectivity index (χ0n) is 18.6. The van der Waals surface area contributed by atoms with Crippen LogP contribution in [-0.4, -0.2) is 19.6 Å². The Morgan fingerprint density at radius 3 is 2.52 bits per heavy atom. The van der Waals surface area contributed by atoms with Gasteiger partial charge in [-0.05, 0) is 60.4 Å². The normalized spacial score (nSPS) is 11.1. The van der Waals surface area contributed by atoms with Crippen LogP contribution in [-0.2, 0) is 6.61 Å². The summed E-state index contributed by atoms with van der Waals surface area (Å²) in [5.74, 6) is 0.841. The van der Waals surface area contributed by atoms with Crippen LogP contribution in [0.1, 0.15) is 47.2 Å². The molecule has 1 aromatic heterocycles. The maximum atomic E-state index is 12.5. The lowest BCUT2D eigenvalue weighted by Crippen LogP contribution is -2.11. The molecule has 2 aromatic carbocycles. The van der Waals surface area contributed by atoms with Crippen molar-refractivity contribution in [2.24, 2.45) is 0 Å². The zero-order valence-corrected chi connectivity index (χ0v) is 19.3. The maximum Gasteiger partial charge on any atom is 0.387 e. The van der Waals surface area contributed by atoms with Gasteiger partial charge in [0.1, 0.15) is 18.1 Å². The molecule has 0 saturated carbocycles. The van der Waals surface area contributed by atoms with Gasteiger partial charge in [0, 0.05) is 16.8 Å². The monoisotopic (exact) mass is 479 g/mol. The molecule has 0 saturated heterocycles. The first-order valence-electron chi connectivity index (χ1n) is 10.1. The first-order chi connectivity index (χ1) is 15.7. The summed E-state index contributed by atoms with van der Waals surface area (Å²) in [4.78, 5) is 12.5. The number of methoxy groups -OCH3 is 1. The Hall–Kier alpha value is -3.26. The fraction of sp³-hybridized carbons (Fsp3) is 0.292. The van der Waals surface area contributed by atoms with Crippen LogP contribution in [0.5, 0.6) is 17.2 Å². The Morgan fingerprint density at radius 1 is 1.09 bits per heavy atom. The third-order valence-corrected chi connectivity index (χ3v) is 5.21. The van der Waals surface area contributed by atoms with Crippen molar-refractivity contribution < 1.29 is 32.2 Å². The molecule has 0 aliphatic heterocycles. The first kappa shape index (κ1) is 24.4. The summed E-state index contributed by atoms with van der Waals surface area (Å²) in [6.45, 7) is 3.13. The minimum absolute atomic E-state index is 0.0563. The molecule has 9 heteroatoms. The molecule has 6 nitrogen and oxygen atoms in total. The van der Waals surface area contributed by atoms with E-state index in [9.17, 15) is 13.6 Å². The van der Waals surface area contributed by atoms with Crippen molar-refractivity contribution in [3.63, 3.8) is 0 Å². The number of nitrogens with one attached hydrogen (secondary N) is 1. The number of hydrogen-bond donors (Lipinski definition) is 1. The second-order valence-electron chi connectivity index (χ2n) is 7.55. The first-order valence-corrected chi connectivity index (χ1v) is 10.5. The lowest BCUT2D eigenvalue weighted by atomic mass is 10.0. The van der Waals surface area contributed by atoms with Crippen molar-refractivity contribution in [3.8, 4) is 17.2 Å². The molecule has 176 valence electrons. The molecule has 1 heterocycles. The number of furan rings is 1. The number of carbonyl (C=O) groups excluding carboxylic acids is 1. The molecule has 3 aromatic rings. The molecule has 0 aliphatic carbocycles. The number of amides is 1. The quantitative estimate of drug-likeness (QED) is 0.365. The smallest absolute Gasteiger partial charge is 0.387 e. The molecule has 0 aliphatic rings. The van der Waals surface area contributed by atoms with E-state index in [1.165, 1.54) is 31.4 Å². The summed E-state index contributed by atoms with van der Waals surface area (Å²) in [5.41, 5.74) is 2.20. The average Bonchev–Trinajstić information content (AvgIpc) is 3.24. The van der Waals surface area contributed by atoms with Crippen LogP contribution in [0.3, 0.4) is 0 Å². The highest BCUT2D eigenvalue weighted by Gasteiger charge is 2.16. The van der Waals surface area contributed by atoms with Crippen LogP contribution in [0.4, 0.5) is 14.5 Å². The van der Waals surface area contributed by atoms with Gasteiger partial charge in [-0.1, -0.05) is 25.4 Å². The fourth-order valence-electron chi connectivity index (χ4n) is 3.10. The third kappa shape index (κ3) is 6.16. The number of hydrogen-bond acceptors (Lipinski definition) is 5. The number of carbonyl (C=O) groups is 1. The van der Waals surface area contributed by atoms with Crippen molar-refractivity contribution >= 4 is 23.2 Å². The summed E-state index contributed by atoms with van der Waals surface area (Å²) in [5, 5.41) is 3.30. The Labute approximate surface area is 195 Å². The van der Waals surface area contributed by atoms with Crippen LogP contribution >= 0.6 is 11.6 Å². The van der Waals surface area contributed by atoms with Crippen LogP contribution in [0.2, 0.25) is 5.02 Å². The molecular weight excluding hydrogens is 456 g/mol. The van der Waals surface area contributed by atoms with Gasteiger partial charge in [-0.3, -0.25) is 4.79 Å². The van der Waals surface area contributed by atoms with Gasteiger partial charge in [0.2, 0.25) is 0 Å². The topological polar surface area (TPSA) is 69.9 Å². The summed E-state index contributed by atoms with van der Waals surface area (Å²) in [6, 6.07) is 11.0. The minimum Gasteiger partial charge on any atom is -0.493 e. The molecule has 1 N–H and O–H groups in total. The SMILES string of the molecule is COc1cc(NC(=O)c2ccc(COc3cc(C)c(Cl)cc3C(C)C)o2)ccc1OC(F)F. The Balaban J connectivity index is 1.67. The molecule has 0 radical (unpaired) electrons. The van der Waals surface area contributed by atoms with E-state index in [1.807, 2.05) is 32.9 Å². The number of ether oxygens (including phenoxy) is 3. The van der Waals surface area contributed by atoms with E-state index >= 15 is 0 Å². The molecule has 3 rings (SSSR count). The van der Waals surface area contributed by atoms with Gasteiger partial charge >= 0.3 is 6.61 Å². The number of aryl methyl sites for hydroxylation is 1. The van der Waals surface area contributed by atoms with Crippen molar-refractivity contribution in [2.75, 3.05) is 12.4 Å². The number of alkyl halides is 2. The van der Waals surface area contributed by atoms with E-state index in [-0.39, 0.29) is 29.8 Å². The number of benzene rings is 2. The summed E-state index contributed by atoms with van der Waals surface area (Å²) in [6.07, 6.45) is 0. The minimum atomic E-state index is -2.99. The highest BCUT2D eigenvalue weighted by Crippen LogP contribution is 2.33. The van der Waals surface area contributed by atoms with Crippen molar-refractivity contribution in [1.29, 1.82) is 0 Å². The fourth-order valence-corrected chi connectivity index (χ4v) is 3.28. The van der Waals surface area contributed by atoms with Gasteiger partial charge in [-0.15, -0.1) is 0 Å².